The molecule has 1 atom stereocenters. The van der Waals surface area contributed by atoms with Crippen molar-refractivity contribution >= 4 is 16.7 Å². The Bertz CT molecular complexity index is 1150. The van der Waals surface area contributed by atoms with Gasteiger partial charge in [0.25, 0.3) is 11.5 Å². The van der Waals surface area contributed by atoms with E-state index in [2.05, 4.69) is 17.1 Å². The van der Waals surface area contributed by atoms with Gasteiger partial charge in [-0.3, -0.25) is 14.2 Å². The van der Waals surface area contributed by atoms with Crippen LogP contribution in [0.25, 0.3) is 16.5 Å². The number of hydrogen-bond donors (Lipinski definition) is 1. The highest BCUT2D eigenvalue weighted by molar-refractivity contribution is 6.06. The largest absolute Gasteiger partial charge is 0.497 e. The Kier molecular flexibility index (Phi) is 6.90. The molecule has 1 aromatic heterocycles. The number of benzene rings is 2. The van der Waals surface area contributed by atoms with Crippen LogP contribution in [0.1, 0.15) is 43.0 Å². The van der Waals surface area contributed by atoms with Crippen LogP contribution in [0.4, 0.5) is 0 Å². The lowest BCUT2D eigenvalue weighted by atomic mass is 10.0. The van der Waals surface area contributed by atoms with E-state index in [4.69, 9.17) is 4.74 Å². The number of methoxy groups -OCH3 is 1. The van der Waals surface area contributed by atoms with E-state index >= 15 is 0 Å². The predicted octanol–water partition coefficient (Wildman–Crippen LogP) is 3.99. The van der Waals surface area contributed by atoms with E-state index in [0.29, 0.717) is 40.4 Å². The van der Waals surface area contributed by atoms with Crippen LogP contribution in [0.15, 0.2) is 59.5 Å². The fourth-order valence-corrected chi connectivity index (χ4v) is 4.49. The van der Waals surface area contributed by atoms with E-state index in [1.807, 2.05) is 36.4 Å². The van der Waals surface area contributed by atoms with E-state index in [1.54, 1.807) is 25.4 Å². The lowest BCUT2D eigenvalue weighted by molar-refractivity contribution is 0.0950. The summed E-state index contributed by atoms with van der Waals surface area (Å²) in [6.45, 7) is 5.02. The van der Waals surface area contributed by atoms with E-state index < -0.39 is 0 Å². The van der Waals surface area contributed by atoms with Crippen LogP contribution in [0.2, 0.25) is 0 Å². The van der Waals surface area contributed by atoms with Crippen LogP contribution in [-0.2, 0) is 0 Å². The molecule has 6 heteroatoms. The molecule has 0 radical (unpaired) electrons. The number of fused-ring (bicyclic) bond motifs is 1. The molecule has 1 saturated heterocycles. The molecule has 1 aliphatic rings. The zero-order valence-corrected chi connectivity index (χ0v) is 18.8. The van der Waals surface area contributed by atoms with Crippen molar-refractivity contribution in [3.05, 3.63) is 70.6 Å². The minimum atomic E-state index is -0.163. The van der Waals surface area contributed by atoms with E-state index in [-0.39, 0.29) is 11.5 Å². The number of pyridine rings is 1. The molecule has 6 nitrogen and oxygen atoms in total. The molecule has 2 heterocycles. The maximum atomic E-state index is 13.2. The molecular formula is C26H31N3O3. The summed E-state index contributed by atoms with van der Waals surface area (Å²) in [4.78, 5) is 28.8. The highest BCUT2D eigenvalue weighted by Crippen LogP contribution is 2.20. The van der Waals surface area contributed by atoms with Crippen molar-refractivity contribution < 1.29 is 9.53 Å². The van der Waals surface area contributed by atoms with Gasteiger partial charge in [-0.1, -0.05) is 30.7 Å². The second kappa shape index (κ2) is 10.0. The number of ether oxygens (including phenoxy) is 1. The van der Waals surface area contributed by atoms with Crippen LogP contribution in [0, 0.1) is 0 Å². The predicted molar refractivity (Wildman–Crippen MR) is 128 cm³/mol. The SMILES string of the molecule is COc1cccc(-n2cc(C(=O)NCCCN3CCCC[C@@H]3C)c3ccccc3c2=O)c1. The number of amides is 1. The third kappa shape index (κ3) is 4.70. The van der Waals surface area contributed by atoms with Gasteiger partial charge in [0.2, 0.25) is 0 Å². The van der Waals surface area contributed by atoms with Crippen molar-refractivity contribution in [2.24, 2.45) is 0 Å². The molecule has 4 rings (SSSR count). The fraction of sp³-hybridized carbons (Fsp3) is 0.385. The molecule has 0 saturated carbocycles. The molecular weight excluding hydrogens is 402 g/mol. The van der Waals surface area contributed by atoms with Crippen molar-refractivity contribution in [2.45, 2.75) is 38.6 Å². The zero-order valence-electron chi connectivity index (χ0n) is 18.8. The Hall–Kier alpha value is -3.12. The van der Waals surface area contributed by atoms with Gasteiger partial charge in [-0.15, -0.1) is 0 Å². The molecule has 3 aromatic rings. The monoisotopic (exact) mass is 433 g/mol. The summed E-state index contributed by atoms with van der Waals surface area (Å²) in [6, 6.07) is 15.2. The molecule has 1 aliphatic heterocycles. The zero-order chi connectivity index (χ0) is 22.5. The van der Waals surface area contributed by atoms with Gasteiger partial charge >= 0.3 is 0 Å². The first-order chi connectivity index (χ1) is 15.6. The van der Waals surface area contributed by atoms with E-state index in [0.717, 1.165) is 19.5 Å². The van der Waals surface area contributed by atoms with Crippen molar-refractivity contribution in [3.63, 3.8) is 0 Å². The van der Waals surface area contributed by atoms with Gasteiger partial charge in [0.15, 0.2) is 0 Å². The standard InChI is InChI=1S/C26H31N3O3/c1-19-9-5-6-15-28(19)16-8-14-27-25(30)24-18-29(20-10-7-11-21(17-20)32-2)26(31)23-13-4-3-12-22(23)24/h3-4,7,10-13,17-19H,5-6,8-9,14-16H2,1-2H3,(H,27,30)/t19-/m0/s1. The molecule has 0 spiro atoms. The molecule has 0 aliphatic carbocycles. The first kappa shape index (κ1) is 22.1. The summed E-state index contributed by atoms with van der Waals surface area (Å²) in [6.07, 6.45) is 6.37. The Balaban J connectivity index is 1.56. The maximum Gasteiger partial charge on any atom is 0.262 e. The summed E-state index contributed by atoms with van der Waals surface area (Å²) in [7, 11) is 1.59. The lowest BCUT2D eigenvalue weighted by Crippen LogP contribution is -2.39. The van der Waals surface area contributed by atoms with Gasteiger partial charge in [0.1, 0.15) is 5.75 Å². The molecule has 168 valence electrons. The minimum Gasteiger partial charge on any atom is -0.497 e. The molecule has 2 aromatic carbocycles. The number of carbonyl (C=O) groups excluding carboxylic acids is 1. The molecule has 32 heavy (non-hydrogen) atoms. The topological polar surface area (TPSA) is 63.6 Å². The fourth-order valence-electron chi connectivity index (χ4n) is 4.49. The van der Waals surface area contributed by atoms with Gasteiger partial charge < -0.3 is 15.0 Å². The number of aromatic nitrogens is 1. The summed E-state index contributed by atoms with van der Waals surface area (Å²) >= 11 is 0. The first-order valence-electron chi connectivity index (χ1n) is 11.4. The Morgan fingerprint density at radius 3 is 2.72 bits per heavy atom. The number of hydrogen-bond acceptors (Lipinski definition) is 4. The Labute approximate surface area is 188 Å². The highest BCUT2D eigenvalue weighted by Gasteiger charge is 2.18. The first-order valence-corrected chi connectivity index (χ1v) is 11.4. The molecule has 1 amide bonds. The summed E-state index contributed by atoms with van der Waals surface area (Å²) in [5, 5.41) is 4.24. The van der Waals surface area contributed by atoms with Crippen LogP contribution in [0.3, 0.4) is 0 Å². The number of piperidine rings is 1. The normalized spacial score (nSPS) is 16.8. The Morgan fingerprint density at radius 1 is 1.12 bits per heavy atom. The van der Waals surface area contributed by atoms with E-state index in [1.165, 1.54) is 23.8 Å². The van der Waals surface area contributed by atoms with Crippen molar-refractivity contribution in [2.75, 3.05) is 26.7 Å². The number of likely N-dealkylation sites (tertiary alicyclic amines) is 1. The third-order valence-electron chi connectivity index (χ3n) is 6.35. The van der Waals surface area contributed by atoms with Gasteiger partial charge in [0.05, 0.1) is 18.4 Å². The average Bonchev–Trinajstić information content (AvgIpc) is 2.83. The second-order valence-electron chi connectivity index (χ2n) is 8.46. The molecule has 0 unspecified atom stereocenters. The van der Waals surface area contributed by atoms with Gasteiger partial charge in [-0.2, -0.15) is 0 Å². The van der Waals surface area contributed by atoms with Crippen LogP contribution in [-0.4, -0.2) is 48.2 Å². The van der Waals surface area contributed by atoms with Crippen molar-refractivity contribution in [3.8, 4) is 11.4 Å². The van der Waals surface area contributed by atoms with Crippen LogP contribution >= 0.6 is 0 Å². The minimum absolute atomic E-state index is 0.162. The third-order valence-corrected chi connectivity index (χ3v) is 6.35. The number of nitrogens with one attached hydrogen (secondary N) is 1. The summed E-state index contributed by atoms with van der Waals surface area (Å²) in [5.41, 5.74) is 0.993. The maximum absolute atomic E-state index is 13.2. The molecule has 1 N–H and O–H groups in total. The summed E-state index contributed by atoms with van der Waals surface area (Å²) in [5.74, 6) is 0.491. The molecule has 0 bridgehead atoms. The van der Waals surface area contributed by atoms with Crippen molar-refractivity contribution in [1.82, 2.24) is 14.8 Å². The number of rotatable bonds is 7. The smallest absolute Gasteiger partial charge is 0.262 e. The summed E-state index contributed by atoms with van der Waals surface area (Å²) < 4.78 is 6.83. The quantitative estimate of drug-likeness (QED) is 0.572. The van der Waals surface area contributed by atoms with Crippen molar-refractivity contribution in [1.29, 1.82) is 0 Å². The number of carbonyl (C=O) groups is 1. The van der Waals surface area contributed by atoms with E-state index in [9.17, 15) is 9.59 Å². The van der Waals surface area contributed by atoms with Crippen LogP contribution < -0.4 is 15.6 Å². The second-order valence-corrected chi connectivity index (χ2v) is 8.46. The highest BCUT2D eigenvalue weighted by atomic mass is 16.5. The van der Waals surface area contributed by atoms with Gasteiger partial charge in [-0.05, 0) is 50.9 Å². The number of nitrogens with zero attached hydrogens (tertiary/aromatic N) is 2. The van der Waals surface area contributed by atoms with Gasteiger partial charge in [-0.25, -0.2) is 0 Å². The Morgan fingerprint density at radius 2 is 1.94 bits per heavy atom. The van der Waals surface area contributed by atoms with Gasteiger partial charge in [0, 0.05) is 42.2 Å². The molecule has 1 fully saturated rings. The van der Waals surface area contributed by atoms with Crippen LogP contribution in [0.5, 0.6) is 5.75 Å². The lowest BCUT2D eigenvalue weighted by Gasteiger charge is -2.33. The average molecular weight is 434 g/mol.